The lowest BCUT2D eigenvalue weighted by Crippen LogP contribution is -2.43. The van der Waals surface area contributed by atoms with Crippen molar-refractivity contribution in [2.75, 3.05) is 0 Å². The minimum absolute atomic E-state index is 0.224. The monoisotopic (exact) mass is 257 g/mol. The molecular weight excluding hydrogens is 246 g/mol. The number of fused-ring (bicyclic) bond motifs is 1. The molecule has 1 aliphatic rings. The molecule has 0 bridgehead atoms. The van der Waals surface area contributed by atoms with Gasteiger partial charge in [-0.3, -0.25) is 14.9 Å². The number of aliphatic hydroxyl groups is 2. The van der Waals surface area contributed by atoms with Crippen LogP contribution < -0.4 is 5.32 Å². The smallest absolute Gasteiger partial charge is 0.266 e. The highest BCUT2D eigenvalue weighted by Crippen LogP contribution is 2.34. The summed E-state index contributed by atoms with van der Waals surface area (Å²) in [4.78, 5) is 23.2. The second-order valence-corrected chi connectivity index (χ2v) is 4.51. The molecule has 0 spiro atoms. The molecule has 5 heteroatoms. The lowest BCUT2D eigenvalue weighted by atomic mass is 9.86. The summed E-state index contributed by atoms with van der Waals surface area (Å²) in [6, 6.07) is 12.2. The number of amides is 2. The number of aliphatic hydroxyl groups excluding tert-OH is 1. The van der Waals surface area contributed by atoms with Gasteiger partial charge in [0, 0.05) is 5.56 Å². The first kappa shape index (κ1) is 11.8. The average molecular weight is 257 g/mol. The van der Waals surface area contributed by atoms with Gasteiger partial charge in [-0.2, -0.15) is 0 Å². The highest BCUT2D eigenvalue weighted by atomic mass is 16.4. The Balaban J connectivity index is 2.30. The molecule has 1 fully saturated rings. The summed E-state index contributed by atoms with van der Waals surface area (Å²) in [7, 11) is 0. The van der Waals surface area contributed by atoms with Crippen molar-refractivity contribution in [1.29, 1.82) is 0 Å². The van der Waals surface area contributed by atoms with Gasteiger partial charge in [-0.25, -0.2) is 0 Å². The van der Waals surface area contributed by atoms with E-state index in [1.54, 1.807) is 18.2 Å². The van der Waals surface area contributed by atoms with Crippen molar-refractivity contribution in [1.82, 2.24) is 5.32 Å². The van der Waals surface area contributed by atoms with Gasteiger partial charge >= 0.3 is 0 Å². The molecule has 2 aromatic carbocycles. The fourth-order valence-corrected chi connectivity index (χ4v) is 2.42. The Morgan fingerprint density at radius 2 is 1.74 bits per heavy atom. The third kappa shape index (κ3) is 1.49. The highest BCUT2D eigenvalue weighted by molar-refractivity contribution is 6.12. The van der Waals surface area contributed by atoms with E-state index >= 15 is 0 Å². The molecule has 96 valence electrons. The van der Waals surface area contributed by atoms with Crippen molar-refractivity contribution in [2.45, 2.75) is 11.7 Å². The number of hydrogen-bond acceptors (Lipinski definition) is 4. The van der Waals surface area contributed by atoms with Crippen LogP contribution in [-0.2, 0) is 15.2 Å². The first-order valence-electron chi connectivity index (χ1n) is 5.79. The first-order chi connectivity index (χ1) is 9.05. The third-order valence-electron chi connectivity index (χ3n) is 3.43. The van der Waals surface area contributed by atoms with E-state index in [1.165, 1.54) is 6.07 Å². The molecule has 2 atom stereocenters. The van der Waals surface area contributed by atoms with Crippen molar-refractivity contribution in [3.05, 3.63) is 48.0 Å². The summed E-state index contributed by atoms with van der Waals surface area (Å²) in [5.41, 5.74) is -2.01. The zero-order valence-electron chi connectivity index (χ0n) is 9.83. The predicted octanol–water partition coefficient (Wildman–Crippen LogP) is 0.0447. The van der Waals surface area contributed by atoms with Crippen molar-refractivity contribution in [2.24, 2.45) is 0 Å². The molecule has 1 aliphatic heterocycles. The molecule has 2 unspecified atom stereocenters. The SMILES string of the molecule is O=C1NC(=O)C(O)(c2cccc3ccccc23)C1O. The van der Waals surface area contributed by atoms with E-state index < -0.39 is 23.5 Å². The zero-order valence-corrected chi connectivity index (χ0v) is 9.83. The molecule has 3 N–H and O–H groups in total. The maximum atomic E-state index is 11.8. The van der Waals surface area contributed by atoms with Gasteiger partial charge < -0.3 is 10.2 Å². The van der Waals surface area contributed by atoms with Gasteiger partial charge in [-0.15, -0.1) is 0 Å². The molecular formula is C14H11NO4. The summed E-state index contributed by atoms with van der Waals surface area (Å²) in [6.45, 7) is 0. The van der Waals surface area contributed by atoms with Crippen LogP contribution in [0.3, 0.4) is 0 Å². The molecule has 2 aromatic rings. The van der Waals surface area contributed by atoms with Gasteiger partial charge in [0.15, 0.2) is 6.10 Å². The van der Waals surface area contributed by atoms with Crippen LogP contribution in [0.1, 0.15) is 5.56 Å². The molecule has 0 aliphatic carbocycles. The summed E-state index contributed by atoms with van der Waals surface area (Å²) >= 11 is 0. The first-order valence-corrected chi connectivity index (χ1v) is 5.79. The Bertz CT molecular complexity index is 691. The molecule has 5 nitrogen and oxygen atoms in total. The lowest BCUT2D eigenvalue weighted by Gasteiger charge is -2.24. The van der Waals surface area contributed by atoms with Crippen LogP contribution in [0.25, 0.3) is 10.8 Å². The van der Waals surface area contributed by atoms with Crippen molar-refractivity contribution < 1.29 is 19.8 Å². The van der Waals surface area contributed by atoms with Crippen LogP contribution in [0.15, 0.2) is 42.5 Å². The summed E-state index contributed by atoms with van der Waals surface area (Å²) < 4.78 is 0. The summed E-state index contributed by atoms with van der Waals surface area (Å²) in [6.07, 6.45) is -1.80. The lowest BCUT2D eigenvalue weighted by molar-refractivity contribution is -0.146. The average Bonchev–Trinajstić information content (AvgIpc) is 2.63. The van der Waals surface area contributed by atoms with E-state index in [-0.39, 0.29) is 5.56 Å². The van der Waals surface area contributed by atoms with Gasteiger partial charge in [0.2, 0.25) is 5.60 Å². The molecule has 0 aromatic heterocycles. The number of benzene rings is 2. The van der Waals surface area contributed by atoms with Gasteiger partial charge in [-0.05, 0) is 10.8 Å². The Morgan fingerprint density at radius 3 is 2.42 bits per heavy atom. The van der Waals surface area contributed by atoms with E-state index in [4.69, 9.17) is 0 Å². The standard InChI is InChI=1S/C14H11NO4/c16-11-12(17)15-13(18)14(11,19)10-7-3-5-8-4-1-2-6-9(8)10/h1-7,11,16,19H,(H,15,17,18). The van der Waals surface area contributed by atoms with Gasteiger partial charge in [0.1, 0.15) is 0 Å². The van der Waals surface area contributed by atoms with Crippen LogP contribution in [0.4, 0.5) is 0 Å². The maximum absolute atomic E-state index is 11.8. The molecule has 0 radical (unpaired) electrons. The number of carbonyl (C=O) groups is 2. The predicted molar refractivity (Wildman–Crippen MR) is 67.0 cm³/mol. The minimum atomic E-state index is -2.24. The largest absolute Gasteiger partial charge is 0.379 e. The van der Waals surface area contributed by atoms with E-state index in [0.29, 0.717) is 5.39 Å². The van der Waals surface area contributed by atoms with Crippen LogP contribution in [-0.4, -0.2) is 28.1 Å². The topological polar surface area (TPSA) is 86.6 Å². The van der Waals surface area contributed by atoms with Crippen LogP contribution in [0.5, 0.6) is 0 Å². The fraction of sp³-hybridized carbons (Fsp3) is 0.143. The summed E-state index contributed by atoms with van der Waals surface area (Å²) in [5, 5.41) is 23.7. The van der Waals surface area contributed by atoms with Gasteiger partial charge in [0.25, 0.3) is 11.8 Å². The van der Waals surface area contributed by atoms with Crippen LogP contribution >= 0.6 is 0 Å². The van der Waals surface area contributed by atoms with Crippen LogP contribution in [0.2, 0.25) is 0 Å². The number of carbonyl (C=O) groups excluding carboxylic acids is 2. The minimum Gasteiger partial charge on any atom is -0.379 e. The van der Waals surface area contributed by atoms with Crippen molar-refractivity contribution >= 4 is 22.6 Å². The Hall–Kier alpha value is -2.24. The van der Waals surface area contributed by atoms with Crippen molar-refractivity contribution in [3.8, 4) is 0 Å². The molecule has 19 heavy (non-hydrogen) atoms. The Morgan fingerprint density at radius 1 is 1.05 bits per heavy atom. The van der Waals surface area contributed by atoms with Gasteiger partial charge in [0.05, 0.1) is 0 Å². The molecule has 1 heterocycles. The zero-order chi connectivity index (χ0) is 13.6. The van der Waals surface area contributed by atoms with Crippen molar-refractivity contribution in [3.63, 3.8) is 0 Å². The van der Waals surface area contributed by atoms with E-state index in [0.717, 1.165) is 5.39 Å². The number of rotatable bonds is 1. The number of imide groups is 1. The number of hydrogen-bond donors (Lipinski definition) is 3. The molecule has 0 saturated carbocycles. The second-order valence-electron chi connectivity index (χ2n) is 4.51. The third-order valence-corrected chi connectivity index (χ3v) is 3.43. The molecule has 1 saturated heterocycles. The van der Waals surface area contributed by atoms with E-state index in [1.807, 2.05) is 23.5 Å². The van der Waals surface area contributed by atoms with E-state index in [9.17, 15) is 19.8 Å². The molecule has 3 rings (SSSR count). The Labute approximate surface area is 108 Å². The normalized spacial score (nSPS) is 26.7. The number of nitrogens with one attached hydrogen (secondary N) is 1. The second kappa shape index (κ2) is 3.88. The van der Waals surface area contributed by atoms with Gasteiger partial charge in [-0.1, -0.05) is 42.5 Å². The van der Waals surface area contributed by atoms with E-state index in [2.05, 4.69) is 0 Å². The fourth-order valence-electron chi connectivity index (χ4n) is 2.42. The highest BCUT2D eigenvalue weighted by Gasteiger charge is 2.55. The quantitative estimate of drug-likeness (QED) is 0.630. The maximum Gasteiger partial charge on any atom is 0.266 e. The van der Waals surface area contributed by atoms with Crippen LogP contribution in [0, 0.1) is 0 Å². The summed E-state index contributed by atoms with van der Waals surface area (Å²) in [5.74, 6) is -1.79. The molecule has 2 amide bonds. The Kier molecular flexibility index (Phi) is 2.41.